The summed E-state index contributed by atoms with van der Waals surface area (Å²) in [7, 11) is 0. The van der Waals surface area contributed by atoms with Crippen LogP contribution in [0.3, 0.4) is 0 Å². The van der Waals surface area contributed by atoms with Gasteiger partial charge in [-0.1, -0.05) is 24.3 Å². The first-order chi connectivity index (χ1) is 10.1. The van der Waals surface area contributed by atoms with Gasteiger partial charge in [-0.15, -0.1) is 0 Å². The number of amides is 1. The van der Waals surface area contributed by atoms with Gasteiger partial charge in [-0.3, -0.25) is 14.9 Å². The number of carbonyl (C=O) groups is 1. The number of phenolic OH excluding ortho intramolecular Hbond substituents is 1. The van der Waals surface area contributed by atoms with Gasteiger partial charge in [0.1, 0.15) is 0 Å². The zero-order chi connectivity index (χ0) is 15.4. The lowest BCUT2D eigenvalue weighted by Crippen LogP contribution is -2.30. The van der Waals surface area contributed by atoms with Crippen LogP contribution in [-0.4, -0.2) is 22.5 Å². The molecule has 0 fully saturated rings. The van der Waals surface area contributed by atoms with Crippen molar-refractivity contribution in [1.29, 1.82) is 0 Å². The van der Waals surface area contributed by atoms with Crippen molar-refractivity contribution in [2.75, 3.05) is 11.4 Å². The molecule has 0 radical (unpaired) electrons. The molecule has 6 heteroatoms. The third-order valence-electron chi connectivity index (χ3n) is 3.07. The Balaban J connectivity index is 2.44. The highest BCUT2D eigenvalue weighted by atomic mass is 16.6. The van der Waals surface area contributed by atoms with Gasteiger partial charge in [-0.2, -0.15) is 0 Å². The van der Waals surface area contributed by atoms with Crippen LogP contribution in [0.5, 0.6) is 5.75 Å². The molecule has 6 nitrogen and oxygen atoms in total. The summed E-state index contributed by atoms with van der Waals surface area (Å²) >= 11 is 0. The van der Waals surface area contributed by atoms with Crippen molar-refractivity contribution in [2.24, 2.45) is 0 Å². The quantitative estimate of drug-likeness (QED) is 0.691. The molecule has 0 aliphatic heterocycles. The number of hydrogen-bond acceptors (Lipinski definition) is 4. The Morgan fingerprint density at radius 1 is 1.19 bits per heavy atom. The summed E-state index contributed by atoms with van der Waals surface area (Å²) in [5, 5.41) is 20.8. The summed E-state index contributed by atoms with van der Waals surface area (Å²) in [6, 6.07) is 12.8. The van der Waals surface area contributed by atoms with Gasteiger partial charge in [0.15, 0.2) is 0 Å². The van der Waals surface area contributed by atoms with E-state index in [0.717, 1.165) is 6.07 Å². The molecule has 1 amide bonds. The van der Waals surface area contributed by atoms with Crippen LogP contribution in [0.4, 0.5) is 11.4 Å². The van der Waals surface area contributed by atoms with Gasteiger partial charge in [0, 0.05) is 18.3 Å². The maximum atomic E-state index is 12.5. The second kappa shape index (κ2) is 6.04. The number of carbonyl (C=O) groups excluding carboxylic acids is 1. The molecular weight excluding hydrogens is 272 g/mol. The topological polar surface area (TPSA) is 83.7 Å². The number of phenols is 1. The van der Waals surface area contributed by atoms with Crippen molar-refractivity contribution in [3.8, 4) is 5.75 Å². The van der Waals surface area contributed by atoms with E-state index < -0.39 is 22.3 Å². The number of nitro benzene ring substituents is 1. The summed E-state index contributed by atoms with van der Waals surface area (Å²) in [5.41, 5.74) is 0.0933. The Morgan fingerprint density at radius 3 is 2.43 bits per heavy atom. The average molecular weight is 286 g/mol. The maximum absolute atomic E-state index is 12.5. The zero-order valence-electron chi connectivity index (χ0n) is 11.4. The molecule has 0 saturated heterocycles. The predicted molar refractivity (Wildman–Crippen MR) is 78.6 cm³/mol. The highest BCUT2D eigenvalue weighted by molar-refractivity contribution is 6.08. The van der Waals surface area contributed by atoms with Crippen LogP contribution in [0.1, 0.15) is 17.3 Å². The number of rotatable bonds is 4. The number of nitrogens with zero attached hydrogens (tertiary/aromatic N) is 2. The molecule has 2 aromatic rings. The molecule has 0 unspecified atom stereocenters. The molecule has 0 heterocycles. The van der Waals surface area contributed by atoms with Crippen LogP contribution in [-0.2, 0) is 0 Å². The van der Waals surface area contributed by atoms with Crippen LogP contribution >= 0.6 is 0 Å². The first-order valence-electron chi connectivity index (χ1n) is 6.39. The molecule has 0 aliphatic carbocycles. The largest absolute Gasteiger partial charge is 0.502 e. The Morgan fingerprint density at radius 2 is 1.86 bits per heavy atom. The van der Waals surface area contributed by atoms with Gasteiger partial charge in [0.2, 0.25) is 5.75 Å². The summed E-state index contributed by atoms with van der Waals surface area (Å²) in [5.74, 6) is -1.09. The molecule has 2 rings (SSSR count). The van der Waals surface area contributed by atoms with Crippen molar-refractivity contribution in [3.63, 3.8) is 0 Å². The number of aromatic hydroxyl groups is 1. The first-order valence-corrected chi connectivity index (χ1v) is 6.39. The summed E-state index contributed by atoms with van der Waals surface area (Å²) < 4.78 is 0. The minimum atomic E-state index is -0.717. The van der Waals surface area contributed by atoms with Crippen LogP contribution in [0, 0.1) is 10.1 Å². The van der Waals surface area contributed by atoms with Gasteiger partial charge >= 0.3 is 5.69 Å². The number of benzene rings is 2. The normalized spacial score (nSPS) is 10.1. The van der Waals surface area contributed by atoms with E-state index in [1.165, 1.54) is 17.0 Å². The zero-order valence-corrected chi connectivity index (χ0v) is 11.4. The van der Waals surface area contributed by atoms with Crippen LogP contribution in [0.2, 0.25) is 0 Å². The lowest BCUT2D eigenvalue weighted by atomic mass is 10.1. The fourth-order valence-corrected chi connectivity index (χ4v) is 2.05. The molecule has 0 bridgehead atoms. The Bertz CT molecular complexity index is 671. The molecule has 108 valence electrons. The Kier molecular flexibility index (Phi) is 4.18. The van der Waals surface area contributed by atoms with E-state index in [9.17, 15) is 20.0 Å². The second-order valence-electron chi connectivity index (χ2n) is 4.32. The Labute approximate surface area is 121 Å². The molecule has 1 N–H and O–H groups in total. The van der Waals surface area contributed by atoms with E-state index in [-0.39, 0.29) is 5.56 Å². The third-order valence-corrected chi connectivity index (χ3v) is 3.07. The van der Waals surface area contributed by atoms with Gasteiger partial charge in [0.05, 0.1) is 10.5 Å². The van der Waals surface area contributed by atoms with Gasteiger partial charge < -0.3 is 10.0 Å². The van der Waals surface area contributed by atoms with Crippen molar-refractivity contribution in [2.45, 2.75) is 6.92 Å². The van der Waals surface area contributed by atoms with E-state index in [1.54, 1.807) is 31.2 Å². The third kappa shape index (κ3) is 2.84. The Hall–Kier alpha value is -2.89. The number of anilines is 1. The molecular formula is C15H14N2O4. The van der Waals surface area contributed by atoms with E-state index in [2.05, 4.69) is 0 Å². The summed E-state index contributed by atoms with van der Waals surface area (Å²) in [6.07, 6.45) is 0. The summed E-state index contributed by atoms with van der Waals surface area (Å²) in [4.78, 5) is 24.1. The van der Waals surface area contributed by atoms with Gasteiger partial charge in [0.25, 0.3) is 5.91 Å². The van der Waals surface area contributed by atoms with Crippen LogP contribution in [0.25, 0.3) is 0 Å². The number of para-hydroxylation sites is 2. The molecule has 0 saturated carbocycles. The van der Waals surface area contributed by atoms with Gasteiger partial charge in [-0.25, -0.2) is 0 Å². The maximum Gasteiger partial charge on any atom is 0.311 e. The van der Waals surface area contributed by atoms with Crippen LogP contribution in [0.15, 0.2) is 48.5 Å². The summed E-state index contributed by atoms with van der Waals surface area (Å²) in [6.45, 7) is 2.17. The predicted octanol–water partition coefficient (Wildman–Crippen LogP) is 2.97. The van der Waals surface area contributed by atoms with Crippen LogP contribution < -0.4 is 4.90 Å². The lowest BCUT2D eigenvalue weighted by Gasteiger charge is -2.21. The standard InChI is InChI=1S/C15H14N2O4/c1-2-16(11-7-4-3-5-8-11)15(19)12-9-6-10-13(14(12)18)17(20)21/h3-10,18H,2H2,1H3. The van der Waals surface area contributed by atoms with Crippen molar-refractivity contribution < 1.29 is 14.8 Å². The average Bonchev–Trinajstić information content (AvgIpc) is 2.49. The molecule has 0 atom stereocenters. The molecule has 21 heavy (non-hydrogen) atoms. The lowest BCUT2D eigenvalue weighted by molar-refractivity contribution is -0.385. The fraction of sp³-hybridized carbons (Fsp3) is 0.133. The van der Waals surface area contributed by atoms with E-state index >= 15 is 0 Å². The number of nitro groups is 1. The van der Waals surface area contributed by atoms with Crippen molar-refractivity contribution in [3.05, 3.63) is 64.2 Å². The van der Waals surface area contributed by atoms with Crippen molar-refractivity contribution in [1.82, 2.24) is 0 Å². The highest BCUT2D eigenvalue weighted by Crippen LogP contribution is 2.31. The minimum absolute atomic E-state index is 0.0881. The first kappa shape index (κ1) is 14.5. The molecule has 0 aromatic heterocycles. The SMILES string of the molecule is CCN(C(=O)c1cccc([N+](=O)[O-])c1O)c1ccccc1. The molecule has 0 aliphatic rings. The minimum Gasteiger partial charge on any atom is -0.502 e. The molecule has 0 spiro atoms. The van der Waals surface area contributed by atoms with E-state index in [0.29, 0.717) is 12.2 Å². The van der Waals surface area contributed by atoms with E-state index in [1.807, 2.05) is 6.07 Å². The molecule has 2 aromatic carbocycles. The fourth-order valence-electron chi connectivity index (χ4n) is 2.05. The van der Waals surface area contributed by atoms with Gasteiger partial charge in [-0.05, 0) is 25.1 Å². The highest BCUT2D eigenvalue weighted by Gasteiger charge is 2.24. The monoisotopic (exact) mass is 286 g/mol. The smallest absolute Gasteiger partial charge is 0.311 e. The van der Waals surface area contributed by atoms with E-state index in [4.69, 9.17) is 0 Å². The van der Waals surface area contributed by atoms with Crippen molar-refractivity contribution >= 4 is 17.3 Å². The number of hydrogen-bond donors (Lipinski definition) is 1. The second-order valence-corrected chi connectivity index (χ2v) is 4.32.